The summed E-state index contributed by atoms with van der Waals surface area (Å²) in [7, 11) is 1.62. The molecule has 1 aliphatic heterocycles. The molecular weight excluding hydrogens is 476 g/mol. The van der Waals surface area contributed by atoms with E-state index in [0.29, 0.717) is 30.9 Å². The number of nitrogens with zero attached hydrogens (tertiary/aromatic N) is 1. The Morgan fingerprint density at radius 2 is 1.89 bits per heavy atom. The number of hydrogen-bond donors (Lipinski definition) is 2. The number of aromatic amines is 1. The monoisotopic (exact) mass is 502 g/mol. The van der Waals surface area contributed by atoms with E-state index < -0.39 is 17.7 Å². The summed E-state index contributed by atoms with van der Waals surface area (Å²) >= 11 is 1.45. The Labute approximate surface area is 212 Å². The number of carbonyl (C=O) groups excluding carboxylic acids is 2. The fraction of sp³-hybridized carbons (Fsp3) is 0.214. The fourth-order valence-corrected chi connectivity index (χ4v) is 5.46. The van der Waals surface area contributed by atoms with Crippen molar-refractivity contribution in [2.75, 3.05) is 20.3 Å². The Morgan fingerprint density at radius 3 is 2.58 bits per heavy atom. The highest BCUT2D eigenvalue weighted by Gasteiger charge is 2.46. The first-order valence-corrected chi connectivity index (χ1v) is 12.6. The van der Waals surface area contributed by atoms with Crippen LogP contribution in [0.25, 0.3) is 16.7 Å². The number of aliphatic hydroxyl groups excluding tert-OH is 1. The predicted molar refractivity (Wildman–Crippen MR) is 139 cm³/mol. The lowest BCUT2D eigenvalue weighted by molar-refractivity contribution is -0.139. The number of aromatic nitrogens is 1. The zero-order valence-electron chi connectivity index (χ0n) is 20.0. The third kappa shape index (κ3) is 4.24. The number of methoxy groups -OCH3 is 1. The number of thiophene rings is 1. The summed E-state index contributed by atoms with van der Waals surface area (Å²) in [6.45, 7) is 2.73. The van der Waals surface area contributed by atoms with Gasteiger partial charge in [-0.3, -0.25) is 9.59 Å². The van der Waals surface area contributed by atoms with Crippen molar-refractivity contribution in [3.8, 4) is 11.5 Å². The van der Waals surface area contributed by atoms with E-state index >= 15 is 0 Å². The van der Waals surface area contributed by atoms with Gasteiger partial charge in [0.15, 0.2) is 0 Å². The van der Waals surface area contributed by atoms with Crippen LogP contribution < -0.4 is 9.47 Å². The Morgan fingerprint density at radius 1 is 1.11 bits per heavy atom. The fourth-order valence-electron chi connectivity index (χ4n) is 4.62. The van der Waals surface area contributed by atoms with Crippen molar-refractivity contribution < 1.29 is 24.2 Å². The standard InChI is InChI=1S/C28H26N2O5S/c1-3-35-19-8-6-17(7-9-19)26(31)24-25(23-5-4-14-36-23)30(28(33)27(24)32)13-12-18-16-29-22-11-10-20(34-2)15-21(18)22/h4-11,14-16,25,29,31H,3,12-13H2,1-2H3/b26-24-. The second-order valence-corrected chi connectivity index (χ2v) is 9.42. The van der Waals surface area contributed by atoms with Crippen LogP contribution in [-0.2, 0) is 16.0 Å². The maximum atomic E-state index is 13.2. The highest BCUT2D eigenvalue weighted by Crippen LogP contribution is 2.41. The molecule has 2 aromatic carbocycles. The van der Waals surface area contributed by atoms with E-state index in [4.69, 9.17) is 9.47 Å². The quantitative estimate of drug-likeness (QED) is 0.194. The van der Waals surface area contributed by atoms with E-state index in [-0.39, 0.29) is 11.3 Å². The number of fused-ring (bicyclic) bond motifs is 1. The van der Waals surface area contributed by atoms with Crippen LogP contribution in [0.5, 0.6) is 11.5 Å². The van der Waals surface area contributed by atoms with Crippen LogP contribution in [0.2, 0.25) is 0 Å². The van der Waals surface area contributed by atoms with Crippen LogP contribution in [0.3, 0.4) is 0 Å². The number of likely N-dealkylation sites (tertiary alicyclic amines) is 1. The molecule has 7 nitrogen and oxygen atoms in total. The Hall–Kier alpha value is -4.04. The lowest BCUT2D eigenvalue weighted by Crippen LogP contribution is -2.31. The smallest absolute Gasteiger partial charge is 0.295 e. The number of rotatable bonds is 8. The summed E-state index contributed by atoms with van der Waals surface area (Å²) in [5.74, 6) is -0.0646. The SMILES string of the molecule is CCOc1ccc(/C(O)=C2/C(=O)C(=O)N(CCc3c[nH]c4ccc(OC)cc34)C2c2cccs2)cc1. The van der Waals surface area contributed by atoms with Crippen LogP contribution in [0.1, 0.15) is 29.0 Å². The lowest BCUT2D eigenvalue weighted by atomic mass is 9.99. The first-order chi connectivity index (χ1) is 17.5. The average Bonchev–Trinajstić information content (AvgIpc) is 3.62. The molecule has 0 aliphatic carbocycles. The van der Waals surface area contributed by atoms with Gasteiger partial charge >= 0.3 is 0 Å². The van der Waals surface area contributed by atoms with Crippen molar-refractivity contribution in [1.29, 1.82) is 0 Å². The summed E-state index contributed by atoms with van der Waals surface area (Å²) in [6, 6.07) is 15.8. The van der Waals surface area contributed by atoms with E-state index in [9.17, 15) is 14.7 Å². The highest BCUT2D eigenvalue weighted by molar-refractivity contribution is 7.10. The first kappa shape index (κ1) is 23.7. The molecule has 0 spiro atoms. The number of benzene rings is 2. The van der Waals surface area contributed by atoms with Gasteiger partial charge in [0.1, 0.15) is 17.3 Å². The Kier molecular flexibility index (Phi) is 6.52. The molecule has 1 aliphatic rings. The van der Waals surface area contributed by atoms with E-state index in [0.717, 1.165) is 27.1 Å². The first-order valence-electron chi connectivity index (χ1n) is 11.7. The molecule has 8 heteroatoms. The summed E-state index contributed by atoms with van der Waals surface area (Å²) in [4.78, 5) is 32.1. The largest absolute Gasteiger partial charge is 0.507 e. The van der Waals surface area contributed by atoms with Crippen LogP contribution in [-0.4, -0.2) is 46.9 Å². The number of ether oxygens (including phenoxy) is 2. The van der Waals surface area contributed by atoms with Gasteiger partial charge in [0, 0.05) is 34.1 Å². The average molecular weight is 503 g/mol. The number of aliphatic hydroxyl groups is 1. The van der Waals surface area contributed by atoms with Gasteiger partial charge in [0.05, 0.1) is 25.3 Å². The zero-order valence-corrected chi connectivity index (χ0v) is 20.8. The van der Waals surface area contributed by atoms with Crippen molar-refractivity contribution in [3.63, 3.8) is 0 Å². The molecule has 1 amide bonds. The number of hydrogen-bond acceptors (Lipinski definition) is 6. The molecular formula is C28H26N2O5S. The van der Waals surface area contributed by atoms with Gasteiger partial charge in [0.25, 0.3) is 11.7 Å². The second kappa shape index (κ2) is 9.91. The third-order valence-electron chi connectivity index (χ3n) is 6.39. The molecule has 0 saturated carbocycles. The number of ketones is 1. The van der Waals surface area contributed by atoms with Crippen LogP contribution in [0.4, 0.5) is 0 Å². The van der Waals surface area contributed by atoms with Crippen molar-refractivity contribution in [2.45, 2.75) is 19.4 Å². The molecule has 5 rings (SSSR count). The molecule has 4 aromatic rings. The van der Waals surface area contributed by atoms with Gasteiger partial charge in [0.2, 0.25) is 0 Å². The van der Waals surface area contributed by atoms with E-state index in [2.05, 4.69) is 4.98 Å². The molecule has 3 heterocycles. The van der Waals surface area contributed by atoms with Gasteiger partial charge < -0.3 is 24.5 Å². The van der Waals surface area contributed by atoms with Crippen LogP contribution in [0.15, 0.2) is 71.7 Å². The van der Waals surface area contributed by atoms with Gasteiger partial charge in [-0.05, 0) is 72.8 Å². The molecule has 2 aromatic heterocycles. The molecule has 1 fully saturated rings. The minimum Gasteiger partial charge on any atom is -0.507 e. The number of nitrogens with one attached hydrogen (secondary N) is 1. The van der Waals surface area contributed by atoms with Gasteiger partial charge in [-0.2, -0.15) is 0 Å². The van der Waals surface area contributed by atoms with Crippen molar-refractivity contribution in [3.05, 3.63) is 87.8 Å². The van der Waals surface area contributed by atoms with Gasteiger partial charge in [-0.25, -0.2) is 0 Å². The summed E-state index contributed by atoms with van der Waals surface area (Å²) in [5, 5.41) is 14.1. The molecule has 0 radical (unpaired) electrons. The molecule has 2 N–H and O–H groups in total. The maximum Gasteiger partial charge on any atom is 0.295 e. The predicted octanol–water partition coefficient (Wildman–Crippen LogP) is 5.30. The minimum atomic E-state index is -0.680. The van der Waals surface area contributed by atoms with Crippen molar-refractivity contribution in [1.82, 2.24) is 9.88 Å². The second-order valence-electron chi connectivity index (χ2n) is 8.44. The Bertz CT molecular complexity index is 1440. The number of Topliss-reactive ketones (excluding diaryl/α,β-unsaturated/α-hetero) is 1. The van der Waals surface area contributed by atoms with Crippen LogP contribution in [0, 0.1) is 0 Å². The molecule has 184 valence electrons. The molecule has 1 atom stereocenters. The lowest BCUT2D eigenvalue weighted by Gasteiger charge is -2.24. The minimum absolute atomic E-state index is 0.104. The summed E-state index contributed by atoms with van der Waals surface area (Å²) < 4.78 is 10.8. The van der Waals surface area contributed by atoms with E-state index in [1.807, 2.05) is 48.8 Å². The van der Waals surface area contributed by atoms with Crippen molar-refractivity contribution >= 4 is 39.7 Å². The molecule has 0 bridgehead atoms. The third-order valence-corrected chi connectivity index (χ3v) is 7.31. The molecule has 1 unspecified atom stereocenters. The van der Waals surface area contributed by atoms with Gasteiger partial charge in [-0.1, -0.05) is 6.07 Å². The Balaban J connectivity index is 1.49. The number of H-pyrrole nitrogens is 1. The number of carbonyl (C=O) groups is 2. The van der Waals surface area contributed by atoms with Crippen molar-refractivity contribution in [2.24, 2.45) is 0 Å². The summed E-state index contributed by atoms with van der Waals surface area (Å²) in [5.41, 5.74) is 2.55. The summed E-state index contributed by atoms with van der Waals surface area (Å²) in [6.07, 6.45) is 2.45. The van der Waals surface area contributed by atoms with E-state index in [1.165, 1.54) is 11.3 Å². The van der Waals surface area contributed by atoms with Gasteiger partial charge in [-0.15, -0.1) is 11.3 Å². The normalized spacial score (nSPS) is 17.2. The van der Waals surface area contributed by atoms with Crippen LogP contribution >= 0.6 is 11.3 Å². The van der Waals surface area contributed by atoms with E-state index in [1.54, 1.807) is 36.3 Å². The zero-order chi connectivity index (χ0) is 25.2. The topological polar surface area (TPSA) is 91.9 Å². The number of amides is 1. The molecule has 1 saturated heterocycles. The maximum absolute atomic E-state index is 13.2. The highest BCUT2D eigenvalue weighted by atomic mass is 32.1. The molecule has 36 heavy (non-hydrogen) atoms.